The van der Waals surface area contributed by atoms with Crippen molar-refractivity contribution >= 4 is 64.9 Å². The van der Waals surface area contributed by atoms with Gasteiger partial charge in [0.2, 0.25) is 0 Å². The molecule has 0 N–H and O–H groups in total. The van der Waals surface area contributed by atoms with Crippen LogP contribution in [0.2, 0.25) is 0 Å². The number of fused-ring (bicyclic) bond motifs is 6. The van der Waals surface area contributed by atoms with Crippen LogP contribution in [-0.2, 0) is 0 Å². The van der Waals surface area contributed by atoms with Crippen molar-refractivity contribution in [1.29, 1.82) is 0 Å². The summed E-state index contributed by atoms with van der Waals surface area (Å²) in [6.45, 7) is 0. The number of aromatic nitrogens is 5. The first-order valence-corrected chi connectivity index (χ1v) is 20.1. The molecule has 0 saturated heterocycles. The lowest BCUT2D eigenvalue weighted by atomic mass is 9.92. The van der Waals surface area contributed by atoms with E-state index in [1.165, 1.54) is 43.1 Å². The number of pyridine rings is 2. The van der Waals surface area contributed by atoms with Gasteiger partial charge in [0.05, 0.1) is 11.0 Å². The van der Waals surface area contributed by atoms with E-state index < -0.39 is 0 Å². The zero-order valence-electron chi connectivity index (χ0n) is 32.3. The lowest BCUT2D eigenvalue weighted by molar-refractivity contribution is 1.08. The second-order valence-electron chi connectivity index (χ2n) is 15.4. The summed E-state index contributed by atoms with van der Waals surface area (Å²) in [5.74, 6) is 1.67. The van der Waals surface area contributed by atoms with E-state index in [-0.39, 0.29) is 0 Å². The summed E-state index contributed by atoms with van der Waals surface area (Å²) in [5.41, 5.74) is 8.58. The van der Waals surface area contributed by atoms with Gasteiger partial charge in [-0.2, -0.15) is 0 Å². The molecular weight excluding hydrogens is 731 g/mol. The Kier molecular flexibility index (Phi) is 7.78. The fourth-order valence-electron chi connectivity index (χ4n) is 8.64. The second kappa shape index (κ2) is 13.8. The molecule has 0 amide bonds. The highest BCUT2D eigenvalue weighted by atomic mass is 15.0. The summed E-state index contributed by atoms with van der Waals surface area (Å²) >= 11 is 0. The van der Waals surface area contributed by atoms with E-state index in [2.05, 4.69) is 152 Å². The van der Waals surface area contributed by atoms with Gasteiger partial charge in [-0.05, 0) is 144 Å². The van der Waals surface area contributed by atoms with Crippen molar-refractivity contribution in [2.24, 2.45) is 0 Å². The van der Waals surface area contributed by atoms with Crippen LogP contribution in [0.3, 0.4) is 0 Å². The number of benzene rings is 9. The van der Waals surface area contributed by atoms with Crippen molar-refractivity contribution in [3.8, 4) is 56.4 Å². The van der Waals surface area contributed by atoms with E-state index in [1.54, 1.807) is 0 Å². The van der Waals surface area contributed by atoms with Crippen LogP contribution in [0.25, 0.3) is 121 Å². The van der Waals surface area contributed by atoms with Crippen molar-refractivity contribution in [2.45, 2.75) is 0 Å². The molecule has 278 valence electrons. The lowest BCUT2D eigenvalue weighted by Crippen LogP contribution is -2.02. The molecule has 12 aromatic rings. The van der Waals surface area contributed by atoms with Crippen molar-refractivity contribution in [3.63, 3.8) is 0 Å². The minimum absolute atomic E-state index is 0.550. The Labute approximate surface area is 345 Å². The number of nitrogens with zero attached hydrogens (tertiary/aromatic N) is 5. The van der Waals surface area contributed by atoms with Gasteiger partial charge in [0.1, 0.15) is 0 Å². The van der Waals surface area contributed by atoms with Crippen molar-refractivity contribution in [2.75, 3.05) is 0 Å². The average molecular weight is 764 g/mol. The Morgan fingerprint density at radius 1 is 0.233 bits per heavy atom. The van der Waals surface area contributed by atoms with E-state index in [0.29, 0.717) is 17.5 Å². The van der Waals surface area contributed by atoms with Gasteiger partial charge in [-0.15, -0.1) is 0 Å². The van der Waals surface area contributed by atoms with Gasteiger partial charge in [0.25, 0.3) is 0 Å². The Bertz CT molecular complexity index is 3440. The highest BCUT2D eigenvalue weighted by Crippen LogP contribution is 2.37. The van der Waals surface area contributed by atoms with Crippen molar-refractivity contribution in [3.05, 3.63) is 200 Å². The molecule has 0 radical (unpaired) electrons. The first-order chi connectivity index (χ1) is 29.7. The topological polar surface area (TPSA) is 64.5 Å². The van der Waals surface area contributed by atoms with Crippen molar-refractivity contribution < 1.29 is 0 Å². The molecule has 0 aliphatic rings. The van der Waals surface area contributed by atoms with E-state index in [0.717, 1.165) is 60.8 Å². The van der Waals surface area contributed by atoms with Gasteiger partial charge in [-0.25, -0.2) is 15.0 Å². The highest BCUT2D eigenvalue weighted by molar-refractivity contribution is 6.02. The SMILES string of the molecule is c1ccc2cc3cc(-c4cc(-c5ccc6cc7ccccc7cc6c5)cc(-c5nc(-c6cccc7cccnc67)nc(-c6cccc7cccnc67)n5)c4)ccc3cc2c1. The molecule has 0 bridgehead atoms. The predicted molar refractivity (Wildman–Crippen MR) is 248 cm³/mol. The van der Waals surface area contributed by atoms with E-state index in [9.17, 15) is 0 Å². The predicted octanol–water partition coefficient (Wildman–Crippen LogP) is 13.9. The molecular formula is C55H33N5. The molecule has 5 nitrogen and oxygen atoms in total. The molecule has 0 atom stereocenters. The van der Waals surface area contributed by atoms with Crippen LogP contribution >= 0.6 is 0 Å². The molecule has 3 heterocycles. The van der Waals surface area contributed by atoms with Crippen LogP contribution in [0, 0.1) is 0 Å². The van der Waals surface area contributed by atoms with Crippen LogP contribution < -0.4 is 0 Å². The molecule has 3 aromatic heterocycles. The monoisotopic (exact) mass is 763 g/mol. The van der Waals surface area contributed by atoms with Crippen LogP contribution in [0.1, 0.15) is 0 Å². The minimum Gasteiger partial charge on any atom is -0.255 e. The third-order valence-electron chi connectivity index (χ3n) is 11.7. The summed E-state index contributed by atoms with van der Waals surface area (Å²) < 4.78 is 0. The van der Waals surface area contributed by atoms with Gasteiger partial charge in [-0.3, -0.25) is 9.97 Å². The molecule has 0 unspecified atom stereocenters. The van der Waals surface area contributed by atoms with Crippen LogP contribution in [0.4, 0.5) is 0 Å². The Morgan fingerprint density at radius 3 is 1.10 bits per heavy atom. The fraction of sp³-hybridized carbons (Fsp3) is 0. The standard InChI is InChI=1S/C55H33N5/c1-3-11-38-27-44-29-42(21-19-40(44)25-36(38)9-1)46-31-47(43-22-20-41-26-37-10-2-4-12-39(37)28-45(41)30-43)33-48(32-46)53-58-54(49-17-5-13-34-15-7-23-56-51(34)49)60-55(59-53)50-18-6-14-35-16-8-24-57-52(35)50/h1-33H. The normalized spacial score (nSPS) is 11.7. The number of hydrogen-bond donors (Lipinski definition) is 0. The van der Waals surface area contributed by atoms with Gasteiger partial charge >= 0.3 is 0 Å². The first-order valence-electron chi connectivity index (χ1n) is 20.1. The highest BCUT2D eigenvalue weighted by Gasteiger charge is 2.18. The van der Waals surface area contributed by atoms with Gasteiger partial charge in [0, 0.05) is 39.9 Å². The average Bonchev–Trinajstić information content (AvgIpc) is 3.31. The third-order valence-corrected chi connectivity index (χ3v) is 11.7. The molecule has 9 aromatic carbocycles. The maximum atomic E-state index is 5.28. The molecule has 12 rings (SSSR count). The third kappa shape index (κ3) is 5.91. The molecule has 0 saturated carbocycles. The number of hydrogen-bond acceptors (Lipinski definition) is 5. The molecule has 0 aliphatic heterocycles. The lowest BCUT2D eigenvalue weighted by Gasteiger charge is -2.14. The smallest absolute Gasteiger partial charge is 0.166 e. The Balaban J connectivity index is 1.11. The van der Waals surface area contributed by atoms with Crippen LogP contribution in [0.15, 0.2) is 200 Å². The molecule has 0 fully saturated rings. The molecule has 60 heavy (non-hydrogen) atoms. The van der Waals surface area contributed by atoms with Gasteiger partial charge in [-0.1, -0.05) is 109 Å². The number of rotatable bonds is 5. The summed E-state index contributed by atoms with van der Waals surface area (Å²) in [6, 6.07) is 66.7. The molecule has 0 aliphatic carbocycles. The summed E-state index contributed by atoms with van der Waals surface area (Å²) in [5, 5.41) is 11.7. The maximum Gasteiger partial charge on any atom is 0.166 e. The molecule has 0 spiro atoms. The van der Waals surface area contributed by atoms with Crippen LogP contribution in [-0.4, -0.2) is 24.9 Å². The van der Waals surface area contributed by atoms with E-state index in [4.69, 9.17) is 24.9 Å². The summed E-state index contributed by atoms with van der Waals surface area (Å²) in [4.78, 5) is 25.3. The fourth-order valence-corrected chi connectivity index (χ4v) is 8.64. The largest absolute Gasteiger partial charge is 0.255 e. The summed E-state index contributed by atoms with van der Waals surface area (Å²) in [6.07, 6.45) is 3.63. The van der Waals surface area contributed by atoms with E-state index >= 15 is 0 Å². The molecule has 5 heteroatoms. The Morgan fingerprint density at radius 2 is 0.617 bits per heavy atom. The van der Waals surface area contributed by atoms with E-state index in [1.807, 2.05) is 48.8 Å². The Hall–Kier alpha value is -8.15. The van der Waals surface area contributed by atoms with Gasteiger partial charge < -0.3 is 0 Å². The second-order valence-corrected chi connectivity index (χ2v) is 15.4. The quantitative estimate of drug-likeness (QED) is 0.163. The van der Waals surface area contributed by atoms with Crippen molar-refractivity contribution in [1.82, 2.24) is 24.9 Å². The summed E-state index contributed by atoms with van der Waals surface area (Å²) in [7, 11) is 0. The zero-order chi connectivity index (χ0) is 39.6. The zero-order valence-corrected chi connectivity index (χ0v) is 32.3. The minimum atomic E-state index is 0.550. The number of para-hydroxylation sites is 2. The van der Waals surface area contributed by atoms with Gasteiger partial charge in [0.15, 0.2) is 17.5 Å². The maximum absolute atomic E-state index is 5.28. The first kappa shape index (κ1) is 33.9. The van der Waals surface area contributed by atoms with Crippen LogP contribution in [0.5, 0.6) is 0 Å².